The van der Waals surface area contributed by atoms with Crippen molar-refractivity contribution in [2.24, 2.45) is 11.3 Å². The number of ether oxygens (including phenoxy) is 2. The van der Waals surface area contributed by atoms with Gasteiger partial charge in [-0.2, -0.15) is 0 Å². The van der Waals surface area contributed by atoms with Crippen LogP contribution in [0, 0.1) is 11.3 Å². The van der Waals surface area contributed by atoms with E-state index in [1.165, 1.54) is 11.0 Å². The summed E-state index contributed by atoms with van der Waals surface area (Å²) in [5, 5.41) is 3.94. The topological polar surface area (TPSA) is 161 Å². The maximum atomic E-state index is 13.9. The van der Waals surface area contributed by atoms with Gasteiger partial charge >= 0.3 is 5.97 Å². The van der Waals surface area contributed by atoms with Crippen molar-refractivity contribution in [1.29, 1.82) is 0 Å². The Morgan fingerprint density at radius 1 is 1.10 bits per heavy atom. The summed E-state index contributed by atoms with van der Waals surface area (Å²) in [5.41, 5.74) is -0.588. The predicted molar refractivity (Wildman–Crippen MR) is 177 cm³/mol. The number of amides is 3. The Balaban J connectivity index is 1.26. The summed E-state index contributed by atoms with van der Waals surface area (Å²) >= 11 is 0. The molecule has 3 fully saturated rings. The number of aryl methyl sites for hydroxylation is 1. The van der Waals surface area contributed by atoms with Crippen LogP contribution in [0.4, 0.5) is 0 Å². The minimum Gasteiger partial charge on any atom is -0.472 e. The molecule has 12 nitrogen and oxygen atoms in total. The number of cyclic esters (lactones) is 1. The zero-order chi connectivity index (χ0) is 34.3. The van der Waals surface area contributed by atoms with Crippen molar-refractivity contribution in [3.63, 3.8) is 0 Å². The minimum absolute atomic E-state index is 0.0525. The summed E-state index contributed by atoms with van der Waals surface area (Å²) in [4.78, 5) is 59.5. The zero-order valence-corrected chi connectivity index (χ0v) is 28.4. The van der Waals surface area contributed by atoms with Gasteiger partial charge in [0.1, 0.15) is 17.7 Å². The summed E-state index contributed by atoms with van der Waals surface area (Å²) in [6.07, 6.45) is 7.12. The van der Waals surface area contributed by atoms with Gasteiger partial charge < -0.3 is 19.7 Å². The minimum atomic E-state index is -3.85. The molecule has 48 heavy (non-hydrogen) atoms. The molecule has 2 aromatic rings. The van der Waals surface area contributed by atoms with Crippen LogP contribution < -0.4 is 14.8 Å². The fourth-order valence-electron chi connectivity index (χ4n) is 6.73. The van der Waals surface area contributed by atoms with Crippen molar-refractivity contribution in [3.05, 3.63) is 48.7 Å². The fourth-order valence-corrected chi connectivity index (χ4v) is 8.09. The summed E-state index contributed by atoms with van der Waals surface area (Å²) in [7, 11) is -3.85. The van der Waals surface area contributed by atoms with Crippen molar-refractivity contribution in [2.75, 3.05) is 13.2 Å². The molecule has 0 unspecified atom stereocenters. The molecule has 3 heterocycles. The molecule has 2 aliphatic carbocycles. The number of aromatic nitrogens is 1. The van der Waals surface area contributed by atoms with Gasteiger partial charge in [-0.05, 0) is 67.0 Å². The van der Waals surface area contributed by atoms with Gasteiger partial charge in [0, 0.05) is 30.3 Å². The third-order valence-corrected chi connectivity index (χ3v) is 11.8. The summed E-state index contributed by atoms with van der Waals surface area (Å²) < 4.78 is 39.2. The van der Waals surface area contributed by atoms with Gasteiger partial charge in [-0.15, -0.1) is 6.58 Å². The first kappa shape index (κ1) is 33.9. The molecule has 2 aliphatic heterocycles. The molecule has 4 aliphatic rings. The number of fused-ring (bicyclic) bond motifs is 3. The Bertz CT molecular complexity index is 1740. The van der Waals surface area contributed by atoms with Gasteiger partial charge in [0.25, 0.3) is 5.91 Å². The highest BCUT2D eigenvalue weighted by atomic mass is 32.2. The van der Waals surface area contributed by atoms with E-state index in [1.54, 1.807) is 6.20 Å². The second-order valence-corrected chi connectivity index (χ2v) is 16.4. The molecule has 1 saturated heterocycles. The molecule has 0 spiro atoms. The number of esters is 1. The lowest BCUT2D eigenvalue weighted by molar-refractivity contribution is -0.149. The van der Waals surface area contributed by atoms with Crippen molar-refractivity contribution < 1.29 is 37.1 Å². The molecule has 2 saturated carbocycles. The number of benzene rings is 1. The van der Waals surface area contributed by atoms with E-state index in [0.29, 0.717) is 18.7 Å². The second kappa shape index (κ2) is 13.1. The number of sulfonamides is 1. The SMILES string of the molecule is C=C[C@H]1C[C@]1(NC(=O)[C@@H]1C[C@@H]2CN1C(=O)CCC(=O)OCC(C)(C)CCCCc1ccc3ccnc(c3c1)O2)C(=O)NS(=O)(=O)C1CC1. The van der Waals surface area contributed by atoms with Crippen LogP contribution in [0.15, 0.2) is 43.1 Å². The third-order valence-electron chi connectivity index (χ3n) is 9.94. The molecule has 13 heteroatoms. The highest BCUT2D eigenvalue weighted by Crippen LogP contribution is 2.45. The lowest BCUT2D eigenvalue weighted by Crippen LogP contribution is -2.56. The predicted octanol–water partition coefficient (Wildman–Crippen LogP) is 3.33. The molecule has 0 radical (unpaired) electrons. The molecule has 1 aromatic carbocycles. The Hall–Kier alpha value is -4.00. The maximum absolute atomic E-state index is 13.9. The van der Waals surface area contributed by atoms with Gasteiger partial charge in [-0.3, -0.25) is 23.9 Å². The maximum Gasteiger partial charge on any atom is 0.306 e. The number of hydrogen-bond donors (Lipinski definition) is 2. The van der Waals surface area contributed by atoms with Crippen LogP contribution in [-0.4, -0.2) is 78.1 Å². The lowest BCUT2D eigenvalue weighted by Gasteiger charge is -2.26. The van der Waals surface area contributed by atoms with Gasteiger partial charge in [-0.1, -0.05) is 38.5 Å². The number of rotatable bonds is 6. The Morgan fingerprint density at radius 3 is 2.62 bits per heavy atom. The van der Waals surface area contributed by atoms with E-state index in [9.17, 15) is 27.6 Å². The fraction of sp³-hybridized carbons (Fsp3) is 0.571. The summed E-state index contributed by atoms with van der Waals surface area (Å²) in [6.45, 7) is 8.15. The van der Waals surface area contributed by atoms with Crippen LogP contribution in [0.2, 0.25) is 0 Å². The Kier molecular flexibility index (Phi) is 9.27. The second-order valence-electron chi connectivity index (χ2n) is 14.4. The van der Waals surface area contributed by atoms with E-state index in [-0.39, 0.29) is 44.2 Å². The molecule has 1 aromatic heterocycles. The molecule has 2 N–H and O–H groups in total. The number of hydrogen-bond acceptors (Lipinski definition) is 9. The monoisotopic (exact) mass is 680 g/mol. The van der Waals surface area contributed by atoms with Crippen molar-refractivity contribution in [3.8, 4) is 5.88 Å². The number of pyridine rings is 1. The molecule has 4 atom stereocenters. The van der Waals surface area contributed by atoms with Crippen LogP contribution in [0.3, 0.4) is 0 Å². The van der Waals surface area contributed by atoms with Crippen LogP contribution in [-0.2, 0) is 40.4 Å². The molecular weight excluding hydrogens is 636 g/mol. The first-order valence-corrected chi connectivity index (χ1v) is 18.3. The number of carbonyl (C=O) groups excluding carboxylic acids is 4. The van der Waals surface area contributed by atoms with Gasteiger partial charge in [-0.25, -0.2) is 13.4 Å². The van der Waals surface area contributed by atoms with Crippen molar-refractivity contribution >= 4 is 44.5 Å². The smallest absolute Gasteiger partial charge is 0.306 e. The quantitative estimate of drug-likeness (QED) is 0.345. The number of nitrogens with zero attached hydrogens (tertiary/aromatic N) is 2. The highest BCUT2D eigenvalue weighted by molar-refractivity contribution is 7.91. The average Bonchev–Trinajstić information content (AvgIpc) is 3.97. The van der Waals surface area contributed by atoms with Crippen LogP contribution in [0.25, 0.3) is 10.8 Å². The van der Waals surface area contributed by atoms with E-state index in [2.05, 4.69) is 47.6 Å². The van der Waals surface area contributed by atoms with Crippen LogP contribution >= 0.6 is 0 Å². The zero-order valence-electron chi connectivity index (χ0n) is 27.5. The Morgan fingerprint density at radius 2 is 1.90 bits per heavy atom. The first-order valence-electron chi connectivity index (χ1n) is 16.8. The molecule has 4 bridgehead atoms. The summed E-state index contributed by atoms with van der Waals surface area (Å²) in [6, 6.07) is 7.06. The molecule has 258 valence electrons. The van der Waals surface area contributed by atoms with Crippen molar-refractivity contribution in [1.82, 2.24) is 19.9 Å². The number of carbonyl (C=O) groups is 4. The van der Waals surface area contributed by atoms with E-state index in [4.69, 9.17) is 9.47 Å². The number of nitrogens with one attached hydrogen (secondary N) is 2. The highest BCUT2D eigenvalue weighted by Gasteiger charge is 2.62. The normalized spacial score (nSPS) is 28.0. The largest absolute Gasteiger partial charge is 0.472 e. The first-order chi connectivity index (χ1) is 22.8. The van der Waals surface area contributed by atoms with Crippen LogP contribution in [0.5, 0.6) is 5.88 Å². The standard InChI is InChI=1S/C35H44N4O8S/c1-4-24-19-35(24,33(43)38-48(44,45)26-10-11-26)37-31(42)28-18-25-20-39(28)29(40)12-13-30(41)46-21-34(2,3)15-6-5-7-22-8-9-23-14-16-36-32(47-25)27(23)17-22/h4,8-9,14,16-17,24-26,28H,1,5-7,10-13,15,18-21H2,2-3H3,(H,37,42)(H,38,43)/t24-,25+,28-,35+/m0/s1. The molecule has 6 rings (SSSR count). The van der Waals surface area contributed by atoms with Crippen molar-refractivity contribution in [2.45, 2.75) is 101 Å². The van der Waals surface area contributed by atoms with Gasteiger partial charge in [0.2, 0.25) is 27.7 Å². The van der Waals surface area contributed by atoms with E-state index >= 15 is 0 Å². The van der Waals surface area contributed by atoms with E-state index in [0.717, 1.165) is 42.0 Å². The van der Waals surface area contributed by atoms with E-state index < -0.39 is 62.6 Å². The van der Waals surface area contributed by atoms with Gasteiger partial charge in [0.15, 0.2) is 0 Å². The van der Waals surface area contributed by atoms with E-state index in [1.807, 2.05) is 12.1 Å². The van der Waals surface area contributed by atoms with Gasteiger partial charge in [0.05, 0.1) is 24.8 Å². The molecular formula is C35H44N4O8S. The average molecular weight is 681 g/mol. The van der Waals surface area contributed by atoms with Crippen LogP contribution in [0.1, 0.15) is 77.2 Å². The Labute approximate surface area is 281 Å². The summed E-state index contributed by atoms with van der Waals surface area (Å²) in [5.74, 6) is -2.44. The lowest BCUT2D eigenvalue weighted by atomic mass is 9.87. The molecule has 3 amide bonds. The third kappa shape index (κ3) is 7.35.